The number of piperidine rings is 1. The van der Waals surface area contributed by atoms with Gasteiger partial charge in [-0.1, -0.05) is 6.92 Å². The Morgan fingerprint density at radius 2 is 2.24 bits per heavy atom. The molecule has 1 saturated heterocycles. The van der Waals surface area contributed by atoms with Crippen LogP contribution in [0.25, 0.3) is 0 Å². The number of carbonyl (C=O) groups is 1. The van der Waals surface area contributed by atoms with Crippen molar-refractivity contribution in [2.75, 3.05) is 26.2 Å². The fraction of sp³-hybridized carbons (Fsp3) is 0.917. The monoisotopic (exact) mass is 244 g/mol. The molecule has 1 aliphatic heterocycles. The van der Waals surface area contributed by atoms with Gasteiger partial charge in [0.1, 0.15) is 0 Å². The highest BCUT2D eigenvalue weighted by Gasteiger charge is 2.30. The minimum absolute atomic E-state index is 0.0318. The Kier molecular flexibility index (Phi) is 5.88. The van der Waals surface area contributed by atoms with Crippen LogP contribution < -0.4 is 5.73 Å². The van der Waals surface area contributed by atoms with E-state index in [9.17, 15) is 9.90 Å². The molecule has 0 spiro atoms. The van der Waals surface area contributed by atoms with Crippen molar-refractivity contribution >= 4 is 5.97 Å². The van der Waals surface area contributed by atoms with Crippen LogP contribution in [0.5, 0.6) is 0 Å². The predicted octanol–water partition coefficient (Wildman–Crippen LogP) is -0.0304. The molecule has 0 radical (unpaired) electrons. The van der Waals surface area contributed by atoms with Crippen molar-refractivity contribution in [2.45, 2.75) is 38.8 Å². The van der Waals surface area contributed by atoms with Crippen LogP contribution >= 0.6 is 0 Å². The molecule has 5 nitrogen and oxygen atoms in total. The summed E-state index contributed by atoms with van der Waals surface area (Å²) < 4.78 is 4.92. The number of likely N-dealkylation sites (tertiary alicyclic amines) is 1. The molecule has 0 amide bonds. The number of hydrogen-bond acceptors (Lipinski definition) is 5. The second-order valence-corrected chi connectivity index (χ2v) is 4.73. The van der Waals surface area contributed by atoms with Gasteiger partial charge in [0.2, 0.25) is 0 Å². The molecule has 5 heteroatoms. The molecule has 3 atom stereocenters. The van der Waals surface area contributed by atoms with E-state index >= 15 is 0 Å². The summed E-state index contributed by atoms with van der Waals surface area (Å²) in [6, 6.07) is 0.0318. The fourth-order valence-corrected chi connectivity index (χ4v) is 2.41. The fourth-order valence-electron chi connectivity index (χ4n) is 2.41. The van der Waals surface area contributed by atoms with E-state index < -0.39 is 0 Å². The molecule has 0 bridgehead atoms. The zero-order chi connectivity index (χ0) is 12.8. The van der Waals surface area contributed by atoms with Crippen LogP contribution in [0.1, 0.15) is 26.7 Å². The number of aliphatic hydroxyl groups is 1. The Morgan fingerprint density at radius 3 is 2.82 bits per heavy atom. The largest absolute Gasteiger partial charge is 0.465 e. The Hall–Kier alpha value is -0.650. The van der Waals surface area contributed by atoms with Crippen LogP contribution in [0, 0.1) is 5.92 Å². The van der Waals surface area contributed by atoms with E-state index in [-0.39, 0.29) is 30.6 Å². The van der Waals surface area contributed by atoms with Gasteiger partial charge in [-0.25, -0.2) is 0 Å². The molecule has 0 saturated carbocycles. The lowest BCUT2D eigenvalue weighted by Gasteiger charge is -2.37. The third-order valence-corrected chi connectivity index (χ3v) is 3.21. The Balaban J connectivity index is 2.47. The standard InChI is InChI=1S/C12H24N2O3/c1-3-11(15)9-5-10(13)7-14(6-9)8-12(16)17-4-2/h9-11,15H,3-8,13H2,1-2H3. The molecule has 3 unspecified atom stereocenters. The Morgan fingerprint density at radius 1 is 1.53 bits per heavy atom. The topological polar surface area (TPSA) is 75.8 Å². The number of ether oxygens (including phenoxy) is 1. The van der Waals surface area contributed by atoms with Gasteiger partial charge in [0.15, 0.2) is 0 Å². The summed E-state index contributed by atoms with van der Waals surface area (Å²) in [5, 5.41) is 9.86. The van der Waals surface area contributed by atoms with E-state index in [4.69, 9.17) is 10.5 Å². The molecule has 100 valence electrons. The second-order valence-electron chi connectivity index (χ2n) is 4.73. The Bertz CT molecular complexity index is 248. The molecule has 1 heterocycles. The smallest absolute Gasteiger partial charge is 0.320 e. The first-order chi connectivity index (χ1) is 8.06. The van der Waals surface area contributed by atoms with Gasteiger partial charge in [-0.2, -0.15) is 0 Å². The molecule has 17 heavy (non-hydrogen) atoms. The summed E-state index contributed by atoms with van der Waals surface area (Å²) in [6.07, 6.45) is 1.23. The normalized spacial score (nSPS) is 27.8. The van der Waals surface area contributed by atoms with Crippen molar-refractivity contribution in [3.05, 3.63) is 0 Å². The number of nitrogens with zero attached hydrogens (tertiary/aromatic N) is 1. The first-order valence-corrected chi connectivity index (χ1v) is 6.38. The van der Waals surface area contributed by atoms with E-state index in [1.54, 1.807) is 6.92 Å². The maximum absolute atomic E-state index is 11.4. The van der Waals surface area contributed by atoms with E-state index in [1.165, 1.54) is 0 Å². The van der Waals surface area contributed by atoms with E-state index in [1.807, 2.05) is 11.8 Å². The van der Waals surface area contributed by atoms with Gasteiger partial charge >= 0.3 is 5.97 Å². The Labute approximate surface area is 103 Å². The van der Waals surface area contributed by atoms with Gasteiger partial charge in [-0.15, -0.1) is 0 Å². The number of carbonyl (C=O) groups excluding carboxylic acids is 1. The van der Waals surface area contributed by atoms with Crippen molar-refractivity contribution < 1.29 is 14.6 Å². The first-order valence-electron chi connectivity index (χ1n) is 6.38. The molecule has 0 aromatic heterocycles. The lowest BCUT2D eigenvalue weighted by atomic mass is 9.89. The quantitative estimate of drug-likeness (QED) is 0.664. The summed E-state index contributed by atoms with van der Waals surface area (Å²) in [4.78, 5) is 13.4. The first kappa shape index (κ1) is 14.4. The van der Waals surface area contributed by atoms with Crippen molar-refractivity contribution in [3.8, 4) is 0 Å². The van der Waals surface area contributed by atoms with Crippen LogP contribution in [-0.4, -0.2) is 54.4 Å². The minimum Gasteiger partial charge on any atom is -0.465 e. The average molecular weight is 244 g/mol. The van der Waals surface area contributed by atoms with Gasteiger partial charge in [0, 0.05) is 19.1 Å². The second kappa shape index (κ2) is 6.93. The average Bonchev–Trinajstić information content (AvgIpc) is 2.27. The van der Waals surface area contributed by atoms with E-state index in [2.05, 4.69) is 0 Å². The maximum Gasteiger partial charge on any atom is 0.320 e. The molecular weight excluding hydrogens is 220 g/mol. The van der Waals surface area contributed by atoms with Crippen molar-refractivity contribution in [2.24, 2.45) is 11.7 Å². The van der Waals surface area contributed by atoms with Gasteiger partial charge < -0.3 is 15.6 Å². The zero-order valence-corrected chi connectivity index (χ0v) is 10.8. The van der Waals surface area contributed by atoms with Crippen LogP contribution in [0.3, 0.4) is 0 Å². The third kappa shape index (κ3) is 4.61. The molecule has 1 fully saturated rings. The predicted molar refractivity (Wildman–Crippen MR) is 65.5 cm³/mol. The highest BCUT2D eigenvalue weighted by Crippen LogP contribution is 2.20. The molecule has 0 aliphatic carbocycles. The molecule has 1 aliphatic rings. The lowest BCUT2D eigenvalue weighted by molar-refractivity contribution is -0.145. The number of hydrogen-bond donors (Lipinski definition) is 2. The van der Waals surface area contributed by atoms with Crippen molar-refractivity contribution in [1.29, 1.82) is 0 Å². The number of nitrogens with two attached hydrogens (primary N) is 1. The van der Waals surface area contributed by atoms with Crippen molar-refractivity contribution in [1.82, 2.24) is 4.90 Å². The maximum atomic E-state index is 11.4. The molecule has 0 aromatic carbocycles. The third-order valence-electron chi connectivity index (χ3n) is 3.21. The molecule has 3 N–H and O–H groups in total. The SMILES string of the molecule is CCOC(=O)CN1CC(N)CC(C(O)CC)C1. The highest BCUT2D eigenvalue weighted by molar-refractivity contribution is 5.71. The van der Waals surface area contributed by atoms with Gasteiger partial charge in [0.25, 0.3) is 0 Å². The summed E-state index contributed by atoms with van der Waals surface area (Å²) in [5.74, 6) is -0.0514. The molecule has 0 aromatic rings. The van der Waals surface area contributed by atoms with E-state index in [0.29, 0.717) is 13.2 Å². The van der Waals surface area contributed by atoms with Gasteiger partial charge in [0.05, 0.1) is 19.3 Å². The highest BCUT2D eigenvalue weighted by atomic mass is 16.5. The summed E-state index contributed by atoms with van der Waals surface area (Å²) >= 11 is 0. The van der Waals surface area contributed by atoms with E-state index in [0.717, 1.165) is 19.4 Å². The van der Waals surface area contributed by atoms with Crippen LogP contribution in [0.2, 0.25) is 0 Å². The van der Waals surface area contributed by atoms with Gasteiger partial charge in [-0.3, -0.25) is 9.69 Å². The lowest BCUT2D eigenvalue weighted by Crippen LogP contribution is -2.51. The molecule has 1 rings (SSSR count). The summed E-state index contributed by atoms with van der Waals surface area (Å²) in [5.41, 5.74) is 5.95. The van der Waals surface area contributed by atoms with Crippen LogP contribution in [-0.2, 0) is 9.53 Å². The van der Waals surface area contributed by atoms with Gasteiger partial charge in [-0.05, 0) is 25.7 Å². The number of rotatable bonds is 5. The minimum atomic E-state index is -0.328. The van der Waals surface area contributed by atoms with Crippen LogP contribution in [0.15, 0.2) is 0 Å². The summed E-state index contributed by atoms with van der Waals surface area (Å²) in [7, 11) is 0. The molecular formula is C12H24N2O3. The van der Waals surface area contributed by atoms with Crippen LogP contribution in [0.4, 0.5) is 0 Å². The zero-order valence-electron chi connectivity index (χ0n) is 10.8. The number of aliphatic hydroxyl groups excluding tert-OH is 1. The van der Waals surface area contributed by atoms with Crippen molar-refractivity contribution in [3.63, 3.8) is 0 Å². The summed E-state index contributed by atoms with van der Waals surface area (Å²) in [6.45, 7) is 5.85. The number of esters is 1.